The molecule has 2 amide bonds. The van der Waals surface area contributed by atoms with Gasteiger partial charge in [0.25, 0.3) is 5.91 Å². The third-order valence-corrected chi connectivity index (χ3v) is 6.20. The summed E-state index contributed by atoms with van der Waals surface area (Å²) in [6.45, 7) is 5.75. The van der Waals surface area contributed by atoms with Crippen molar-refractivity contribution in [3.05, 3.63) is 58.3 Å². The van der Waals surface area contributed by atoms with E-state index >= 15 is 0 Å². The lowest BCUT2D eigenvalue weighted by atomic mass is 9.77. The van der Waals surface area contributed by atoms with Gasteiger partial charge in [0.15, 0.2) is 0 Å². The summed E-state index contributed by atoms with van der Waals surface area (Å²) < 4.78 is 0. The van der Waals surface area contributed by atoms with Crippen molar-refractivity contribution >= 4 is 23.2 Å². The van der Waals surface area contributed by atoms with Gasteiger partial charge in [-0.05, 0) is 60.7 Å². The minimum Gasteiger partial charge on any atom is -0.342 e. The molecule has 1 fully saturated rings. The predicted molar refractivity (Wildman–Crippen MR) is 110 cm³/mol. The number of likely N-dealkylation sites (tertiary alicyclic amines) is 1. The van der Waals surface area contributed by atoms with Crippen LogP contribution in [0.2, 0.25) is 0 Å². The van der Waals surface area contributed by atoms with Crippen molar-refractivity contribution < 1.29 is 9.59 Å². The second-order valence-corrected chi connectivity index (χ2v) is 8.19. The van der Waals surface area contributed by atoms with Crippen molar-refractivity contribution in [1.29, 1.82) is 0 Å². The van der Waals surface area contributed by atoms with Crippen molar-refractivity contribution in [3.63, 3.8) is 0 Å². The summed E-state index contributed by atoms with van der Waals surface area (Å²) in [5.74, 6) is -0.251. The third kappa shape index (κ3) is 4.24. The van der Waals surface area contributed by atoms with Gasteiger partial charge in [-0.15, -0.1) is 0 Å². The molecule has 2 atom stereocenters. The normalized spacial score (nSPS) is 17.3. The largest absolute Gasteiger partial charge is 0.342 e. The molecule has 5 heteroatoms. The second kappa shape index (κ2) is 8.70. The van der Waals surface area contributed by atoms with Crippen molar-refractivity contribution in [2.45, 2.75) is 45.1 Å². The molecule has 1 aromatic carbocycles. The fourth-order valence-corrected chi connectivity index (χ4v) is 4.70. The number of carbonyl (C=O) groups is 2. The van der Waals surface area contributed by atoms with Gasteiger partial charge in [0.1, 0.15) is 0 Å². The van der Waals surface area contributed by atoms with Gasteiger partial charge in [0.2, 0.25) is 5.91 Å². The predicted octanol–water partition coefficient (Wildman–Crippen LogP) is 4.43. The molecule has 3 rings (SSSR count). The Kier molecular flexibility index (Phi) is 6.32. The van der Waals surface area contributed by atoms with Crippen LogP contribution in [0.25, 0.3) is 0 Å². The Bertz CT molecular complexity index is 754. The van der Waals surface area contributed by atoms with Crippen LogP contribution in [-0.4, -0.2) is 29.8 Å². The Morgan fingerprint density at radius 3 is 2.48 bits per heavy atom. The van der Waals surface area contributed by atoms with E-state index in [0.29, 0.717) is 5.56 Å². The number of hydrogen-bond acceptors (Lipinski definition) is 3. The van der Waals surface area contributed by atoms with E-state index in [2.05, 4.69) is 12.2 Å². The molecule has 0 unspecified atom stereocenters. The average molecular weight is 385 g/mol. The van der Waals surface area contributed by atoms with Crippen molar-refractivity contribution in [2.75, 3.05) is 13.1 Å². The topological polar surface area (TPSA) is 49.4 Å². The highest BCUT2D eigenvalue weighted by molar-refractivity contribution is 7.08. The quantitative estimate of drug-likeness (QED) is 0.768. The van der Waals surface area contributed by atoms with Crippen molar-refractivity contribution in [2.24, 2.45) is 5.92 Å². The van der Waals surface area contributed by atoms with Crippen LogP contribution in [0.4, 0.5) is 0 Å². The van der Waals surface area contributed by atoms with Gasteiger partial charge >= 0.3 is 0 Å². The zero-order valence-electron chi connectivity index (χ0n) is 16.1. The van der Waals surface area contributed by atoms with Crippen LogP contribution < -0.4 is 5.32 Å². The van der Waals surface area contributed by atoms with E-state index in [9.17, 15) is 9.59 Å². The molecule has 1 N–H and O–H groups in total. The van der Waals surface area contributed by atoms with Crippen LogP contribution in [0.1, 0.15) is 55.5 Å². The van der Waals surface area contributed by atoms with E-state index in [4.69, 9.17) is 0 Å². The molecule has 0 aliphatic carbocycles. The maximum atomic E-state index is 13.4. The van der Waals surface area contributed by atoms with E-state index in [1.165, 1.54) is 0 Å². The molecule has 1 aromatic heterocycles. The number of thiophene rings is 1. The molecule has 1 saturated heterocycles. The summed E-state index contributed by atoms with van der Waals surface area (Å²) in [5.41, 5.74) is 0.883. The molecule has 0 radical (unpaired) electrons. The van der Waals surface area contributed by atoms with Gasteiger partial charge in [-0.25, -0.2) is 0 Å². The Morgan fingerprint density at radius 1 is 1.19 bits per heavy atom. The molecule has 27 heavy (non-hydrogen) atoms. The molecule has 2 heterocycles. The van der Waals surface area contributed by atoms with E-state index < -0.39 is 5.54 Å². The van der Waals surface area contributed by atoms with Crippen LogP contribution in [0.15, 0.2) is 47.2 Å². The number of rotatable bonds is 7. The Balaban J connectivity index is 1.95. The zero-order chi connectivity index (χ0) is 19.3. The molecule has 1 aliphatic heterocycles. The van der Waals surface area contributed by atoms with Crippen LogP contribution in [0, 0.1) is 5.92 Å². The Morgan fingerprint density at radius 2 is 1.89 bits per heavy atom. The van der Waals surface area contributed by atoms with Crippen LogP contribution in [0.5, 0.6) is 0 Å². The standard InChI is InChI=1S/C22H28N2O2S/c1-3-9-19(21(26)24-13-7-8-14-24)22(2,18-12-15-27-16-18)23-20(25)17-10-5-4-6-11-17/h4-6,10-12,15-16,19H,3,7-9,13-14H2,1-2H3,(H,23,25)/t19-,22-/m1/s1. The number of carbonyl (C=O) groups excluding carboxylic acids is 2. The Labute approximate surface area is 165 Å². The van der Waals surface area contributed by atoms with Crippen molar-refractivity contribution in [1.82, 2.24) is 10.2 Å². The van der Waals surface area contributed by atoms with Gasteiger partial charge < -0.3 is 10.2 Å². The highest BCUT2D eigenvalue weighted by atomic mass is 32.1. The highest BCUT2D eigenvalue weighted by Gasteiger charge is 2.43. The van der Waals surface area contributed by atoms with Gasteiger partial charge in [0.05, 0.1) is 11.5 Å². The first kappa shape index (κ1) is 19.6. The molecule has 144 valence electrons. The summed E-state index contributed by atoms with van der Waals surface area (Å²) in [7, 11) is 0. The lowest BCUT2D eigenvalue weighted by Crippen LogP contribution is -2.54. The number of nitrogens with one attached hydrogen (secondary N) is 1. The molecule has 0 saturated carbocycles. The first-order valence-corrected chi connectivity index (χ1v) is 10.7. The lowest BCUT2D eigenvalue weighted by molar-refractivity contribution is -0.137. The van der Waals surface area contributed by atoms with Gasteiger partial charge in [-0.3, -0.25) is 9.59 Å². The smallest absolute Gasteiger partial charge is 0.251 e. The van der Waals surface area contributed by atoms with E-state index in [1.807, 2.05) is 46.8 Å². The first-order valence-electron chi connectivity index (χ1n) is 9.75. The van der Waals surface area contributed by atoms with Crippen LogP contribution in [0.3, 0.4) is 0 Å². The second-order valence-electron chi connectivity index (χ2n) is 7.41. The summed E-state index contributed by atoms with van der Waals surface area (Å²) >= 11 is 1.59. The minimum absolute atomic E-state index is 0.139. The minimum atomic E-state index is -0.734. The third-order valence-electron chi connectivity index (χ3n) is 5.52. The van der Waals surface area contributed by atoms with Crippen LogP contribution in [-0.2, 0) is 10.3 Å². The molecular formula is C22H28N2O2S. The molecular weight excluding hydrogens is 356 g/mol. The van der Waals surface area contributed by atoms with E-state index in [-0.39, 0.29) is 17.7 Å². The monoisotopic (exact) mass is 384 g/mol. The van der Waals surface area contributed by atoms with E-state index in [0.717, 1.165) is 44.3 Å². The van der Waals surface area contributed by atoms with Gasteiger partial charge in [-0.2, -0.15) is 11.3 Å². The average Bonchev–Trinajstić information content (AvgIpc) is 3.40. The summed E-state index contributed by atoms with van der Waals surface area (Å²) in [6.07, 6.45) is 3.77. The number of amides is 2. The number of nitrogens with zero attached hydrogens (tertiary/aromatic N) is 1. The molecule has 0 spiro atoms. The Hall–Kier alpha value is -2.14. The van der Waals surface area contributed by atoms with Gasteiger partial charge in [0, 0.05) is 18.7 Å². The maximum absolute atomic E-state index is 13.4. The summed E-state index contributed by atoms with van der Waals surface area (Å²) in [5, 5.41) is 7.27. The van der Waals surface area contributed by atoms with Gasteiger partial charge in [-0.1, -0.05) is 31.5 Å². The first-order chi connectivity index (χ1) is 13.1. The lowest BCUT2D eigenvalue weighted by Gasteiger charge is -2.39. The molecule has 2 aromatic rings. The highest BCUT2D eigenvalue weighted by Crippen LogP contribution is 2.36. The fraction of sp³-hybridized carbons (Fsp3) is 0.455. The summed E-state index contributed by atoms with van der Waals surface area (Å²) in [4.78, 5) is 28.3. The maximum Gasteiger partial charge on any atom is 0.251 e. The van der Waals surface area contributed by atoms with E-state index in [1.54, 1.807) is 23.5 Å². The number of benzene rings is 1. The fourth-order valence-electron chi connectivity index (χ4n) is 3.92. The molecule has 1 aliphatic rings. The SMILES string of the molecule is CCC[C@H](C(=O)N1CCCC1)[C@](C)(NC(=O)c1ccccc1)c1ccsc1. The zero-order valence-corrected chi connectivity index (χ0v) is 16.9. The molecule has 0 bridgehead atoms. The van der Waals surface area contributed by atoms with Crippen molar-refractivity contribution in [3.8, 4) is 0 Å². The summed E-state index contributed by atoms with van der Waals surface area (Å²) in [6, 6.07) is 11.2. The molecule has 4 nitrogen and oxygen atoms in total. The number of hydrogen-bond donors (Lipinski definition) is 1. The van der Waals surface area contributed by atoms with Crippen LogP contribution >= 0.6 is 11.3 Å².